The molecule has 0 aromatic carbocycles. The van der Waals surface area contributed by atoms with Crippen LogP contribution in [0.25, 0.3) is 0 Å². The Balaban J connectivity index is 3.41. The first-order chi connectivity index (χ1) is 7.31. The minimum Gasteiger partial charge on any atom is -0.353 e. The van der Waals surface area contributed by atoms with Gasteiger partial charge in [-0.25, -0.2) is 0 Å². The Morgan fingerprint density at radius 3 is 2.60 bits per heavy atom. The van der Waals surface area contributed by atoms with Gasteiger partial charge in [0.1, 0.15) is 0 Å². The lowest BCUT2D eigenvalue weighted by atomic mass is 10.2. The Kier molecular flexibility index (Phi) is 9.83. The first-order valence-electron chi connectivity index (χ1n) is 5.53. The monoisotopic (exact) mass is 207 g/mol. The van der Waals surface area contributed by atoms with Crippen molar-refractivity contribution in [2.75, 3.05) is 6.54 Å². The lowest BCUT2D eigenvalue weighted by Gasteiger charge is -1.94. The maximum Gasteiger partial charge on any atom is 0.243 e. The Labute approximate surface area is 92.8 Å². The molecule has 0 spiro atoms. The Hall–Kier alpha value is -1.31. The minimum atomic E-state index is 0.00181. The number of unbranched alkanes of at least 4 members (excludes halogenated alkanes) is 2. The van der Waals surface area contributed by atoms with Crippen LogP contribution in [0, 0.1) is 0 Å². The van der Waals surface area contributed by atoms with Crippen LogP contribution in [0.2, 0.25) is 0 Å². The van der Waals surface area contributed by atoms with E-state index in [9.17, 15) is 4.79 Å². The van der Waals surface area contributed by atoms with Crippen molar-refractivity contribution in [1.29, 1.82) is 0 Å². The highest BCUT2D eigenvalue weighted by atomic mass is 16.1. The zero-order chi connectivity index (χ0) is 11.4. The van der Waals surface area contributed by atoms with Crippen LogP contribution in [-0.2, 0) is 4.79 Å². The first kappa shape index (κ1) is 13.7. The molecular formula is C13H21NO. The van der Waals surface area contributed by atoms with Gasteiger partial charge in [-0.1, -0.05) is 30.4 Å². The van der Waals surface area contributed by atoms with Crippen molar-refractivity contribution in [3.05, 3.63) is 36.5 Å². The smallest absolute Gasteiger partial charge is 0.243 e. The molecule has 0 heterocycles. The molecule has 2 nitrogen and oxygen atoms in total. The molecule has 0 aromatic rings. The normalized spacial score (nSPS) is 11.9. The van der Waals surface area contributed by atoms with E-state index < -0.39 is 0 Å². The summed E-state index contributed by atoms with van der Waals surface area (Å²) in [6, 6.07) is 0. The summed E-state index contributed by atoms with van der Waals surface area (Å²) in [5.41, 5.74) is 0. The van der Waals surface area contributed by atoms with Gasteiger partial charge in [0.05, 0.1) is 0 Å². The van der Waals surface area contributed by atoms with Crippen molar-refractivity contribution >= 4 is 5.91 Å². The molecule has 0 radical (unpaired) electrons. The molecule has 0 aromatic heterocycles. The number of amides is 1. The van der Waals surface area contributed by atoms with Crippen molar-refractivity contribution in [1.82, 2.24) is 5.32 Å². The number of likely N-dealkylation sites (N-methyl/N-ethyl adjacent to an activating group) is 1. The standard InChI is InChI=1S/C13H21NO/c1-3-5-6-7-8-9-10-11-12-13(15)14-4-2/h3,5-7,11-12H,4,8-10H2,1-2H3,(H,14,15). The Morgan fingerprint density at radius 2 is 1.93 bits per heavy atom. The maximum atomic E-state index is 11.0. The molecule has 15 heavy (non-hydrogen) atoms. The topological polar surface area (TPSA) is 29.1 Å². The van der Waals surface area contributed by atoms with E-state index in [0.29, 0.717) is 6.54 Å². The number of nitrogens with one attached hydrogen (secondary N) is 1. The highest BCUT2D eigenvalue weighted by molar-refractivity contribution is 5.87. The largest absolute Gasteiger partial charge is 0.353 e. The molecular weight excluding hydrogens is 186 g/mol. The van der Waals surface area contributed by atoms with E-state index in [-0.39, 0.29) is 5.91 Å². The summed E-state index contributed by atoms with van der Waals surface area (Å²) in [5.74, 6) is 0.00181. The van der Waals surface area contributed by atoms with Crippen molar-refractivity contribution in [3.63, 3.8) is 0 Å². The summed E-state index contributed by atoms with van der Waals surface area (Å²) in [4.78, 5) is 11.0. The molecule has 84 valence electrons. The maximum absolute atomic E-state index is 11.0. The van der Waals surface area contributed by atoms with Gasteiger partial charge in [0.15, 0.2) is 0 Å². The van der Waals surface area contributed by atoms with Crippen LogP contribution in [0.3, 0.4) is 0 Å². The number of hydrogen-bond donors (Lipinski definition) is 1. The summed E-state index contributed by atoms with van der Waals surface area (Å²) in [7, 11) is 0. The van der Waals surface area contributed by atoms with Crippen LogP contribution >= 0.6 is 0 Å². The van der Waals surface area contributed by atoms with Crippen LogP contribution in [0.15, 0.2) is 36.5 Å². The van der Waals surface area contributed by atoms with Crippen LogP contribution in [0.1, 0.15) is 33.1 Å². The zero-order valence-electron chi connectivity index (χ0n) is 9.70. The van der Waals surface area contributed by atoms with Gasteiger partial charge in [0.2, 0.25) is 5.91 Å². The van der Waals surface area contributed by atoms with Gasteiger partial charge >= 0.3 is 0 Å². The van der Waals surface area contributed by atoms with Gasteiger partial charge in [0, 0.05) is 6.54 Å². The molecule has 2 heteroatoms. The molecule has 0 saturated heterocycles. The molecule has 1 amide bonds. The second kappa shape index (κ2) is 10.8. The summed E-state index contributed by atoms with van der Waals surface area (Å²) < 4.78 is 0. The molecule has 0 saturated carbocycles. The van der Waals surface area contributed by atoms with E-state index in [1.165, 1.54) is 0 Å². The fraction of sp³-hybridized carbons (Fsp3) is 0.462. The predicted octanol–water partition coefficient (Wildman–Crippen LogP) is 2.98. The Bertz CT molecular complexity index is 239. The lowest BCUT2D eigenvalue weighted by Crippen LogP contribution is -2.19. The summed E-state index contributed by atoms with van der Waals surface area (Å²) in [5, 5.41) is 2.72. The van der Waals surface area contributed by atoms with Crippen molar-refractivity contribution in [2.24, 2.45) is 0 Å². The molecule has 0 unspecified atom stereocenters. The second-order valence-corrected chi connectivity index (χ2v) is 3.18. The molecule has 0 atom stereocenters. The Morgan fingerprint density at radius 1 is 1.20 bits per heavy atom. The summed E-state index contributed by atoms with van der Waals surface area (Å²) in [6.45, 7) is 4.60. The van der Waals surface area contributed by atoms with E-state index in [4.69, 9.17) is 0 Å². The van der Waals surface area contributed by atoms with Gasteiger partial charge in [-0.2, -0.15) is 0 Å². The number of allylic oxidation sites excluding steroid dienone is 5. The van der Waals surface area contributed by atoms with Crippen molar-refractivity contribution in [3.8, 4) is 0 Å². The van der Waals surface area contributed by atoms with Crippen LogP contribution < -0.4 is 5.32 Å². The molecule has 0 aliphatic carbocycles. The van der Waals surface area contributed by atoms with Crippen LogP contribution in [0.5, 0.6) is 0 Å². The molecule has 0 aliphatic heterocycles. The average molecular weight is 207 g/mol. The fourth-order valence-electron chi connectivity index (χ4n) is 1.06. The molecule has 0 rings (SSSR count). The number of carbonyl (C=O) groups excluding carboxylic acids is 1. The van der Waals surface area contributed by atoms with Gasteiger partial charge < -0.3 is 5.32 Å². The first-order valence-corrected chi connectivity index (χ1v) is 5.53. The third kappa shape index (κ3) is 10.6. The lowest BCUT2D eigenvalue weighted by molar-refractivity contribution is -0.116. The quantitative estimate of drug-likeness (QED) is 0.388. The fourth-order valence-corrected chi connectivity index (χ4v) is 1.06. The third-order valence-electron chi connectivity index (χ3n) is 1.80. The highest BCUT2D eigenvalue weighted by Gasteiger charge is 1.88. The molecule has 0 bridgehead atoms. The van der Waals surface area contributed by atoms with Crippen LogP contribution in [0.4, 0.5) is 0 Å². The van der Waals surface area contributed by atoms with E-state index in [2.05, 4.69) is 11.4 Å². The molecule has 0 aliphatic rings. The predicted molar refractivity (Wildman–Crippen MR) is 65.6 cm³/mol. The van der Waals surface area contributed by atoms with Crippen molar-refractivity contribution < 1.29 is 4.79 Å². The van der Waals surface area contributed by atoms with Crippen LogP contribution in [-0.4, -0.2) is 12.5 Å². The van der Waals surface area contributed by atoms with E-state index in [1.807, 2.05) is 38.2 Å². The van der Waals surface area contributed by atoms with Gasteiger partial charge in [-0.05, 0) is 39.2 Å². The summed E-state index contributed by atoms with van der Waals surface area (Å²) in [6.07, 6.45) is 14.8. The van der Waals surface area contributed by atoms with E-state index in [1.54, 1.807) is 6.08 Å². The van der Waals surface area contributed by atoms with Gasteiger partial charge in [0.25, 0.3) is 0 Å². The highest BCUT2D eigenvalue weighted by Crippen LogP contribution is 1.98. The molecule has 0 fully saturated rings. The van der Waals surface area contributed by atoms with E-state index >= 15 is 0 Å². The second-order valence-electron chi connectivity index (χ2n) is 3.18. The SMILES string of the molecule is CC=CC=CCCCC=CC(=O)NCC. The van der Waals surface area contributed by atoms with Gasteiger partial charge in [-0.15, -0.1) is 0 Å². The number of rotatable bonds is 7. The van der Waals surface area contributed by atoms with Gasteiger partial charge in [-0.3, -0.25) is 4.79 Å². The van der Waals surface area contributed by atoms with Crippen molar-refractivity contribution in [2.45, 2.75) is 33.1 Å². The number of carbonyl (C=O) groups is 1. The zero-order valence-corrected chi connectivity index (χ0v) is 9.70. The molecule has 1 N–H and O–H groups in total. The average Bonchev–Trinajstić information content (AvgIpc) is 2.22. The van der Waals surface area contributed by atoms with E-state index in [0.717, 1.165) is 19.3 Å². The third-order valence-corrected chi connectivity index (χ3v) is 1.80. The summed E-state index contributed by atoms with van der Waals surface area (Å²) >= 11 is 0. The number of hydrogen-bond acceptors (Lipinski definition) is 1. The minimum absolute atomic E-state index is 0.00181.